The topological polar surface area (TPSA) is 46.0 Å². The third kappa shape index (κ3) is 1.56. The molecule has 0 aliphatic heterocycles. The zero-order valence-corrected chi connectivity index (χ0v) is 7.82. The Labute approximate surface area is 77.0 Å². The van der Waals surface area contributed by atoms with E-state index < -0.39 is 0 Å². The number of nitrogens with zero attached hydrogens (tertiary/aromatic N) is 3. The van der Waals surface area contributed by atoms with Crippen molar-refractivity contribution < 1.29 is 0 Å². The van der Waals surface area contributed by atoms with Crippen molar-refractivity contribution in [3.8, 4) is 0 Å². The number of aromatic amines is 1. The van der Waals surface area contributed by atoms with Crippen LogP contribution >= 0.6 is 0 Å². The molecule has 0 aliphatic carbocycles. The summed E-state index contributed by atoms with van der Waals surface area (Å²) in [6.45, 7) is 2.20. The fourth-order valence-corrected chi connectivity index (χ4v) is 1.46. The highest BCUT2D eigenvalue weighted by atomic mass is 15.4. The maximum Gasteiger partial charge on any atom is 0.177 e. The molecule has 0 saturated heterocycles. The van der Waals surface area contributed by atoms with Gasteiger partial charge in [-0.1, -0.05) is 19.8 Å². The lowest BCUT2D eigenvalue weighted by atomic mass is 10.2. The maximum absolute atomic E-state index is 4.11. The molecule has 0 aliphatic rings. The Hall–Kier alpha value is -1.32. The van der Waals surface area contributed by atoms with E-state index in [0.29, 0.717) is 0 Å². The summed E-state index contributed by atoms with van der Waals surface area (Å²) in [6.07, 6.45) is 6.58. The number of aryl methyl sites for hydroxylation is 1. The van der Waals surface area contributed by atoms with Gasteiger partial charge < -0.3 is 0 Å². The van der Waals surface area contributed by atoms with Crippen molar-refractivity contribution >= 4 is 5.65 Å². The Kier molecular flexibility index (Phi) is 2.29. The van der Waals surface area contributed by atoms with E-state index in [9.17, 15) is 0 Å². The summed E-state index contributed by atoms with van der Waals surface area (Å²) < 4.78 is 1.94. The van der Waals surface area contributed by atoms with Gasteiger partial charge in [-0.25, -0.2) is 4.52 Å². The van der Waals surface area contributed by atoms with Crippen LogP contribution in [0.1, 0.15) is 32.0 Å². The highest BCUT2D eigenvalue weighted by molar-refractivity contribution is 5.34. The van der Waals surface area contributed by atoms with E-state index in [1.165, 1.54) is 19.3 Å². The van der Waals surface area contributed by atoms with E-state index in [1.54, 1.807) is 0 Å². The standard InChI is InChI=1S/C9H14N4/c1-2-3-4-5-8-11-12-9-6-7-10-13(8)9/h6-7,10H,2-5H2,1H3. The van der Waals surface area contributed by atoms with Crippen LogP contribution in [0.25, 0.3) is 5.65 Å². The van der Waals surface area contributed by atoms with Gasteiger partial charge in [0.1, 0.15) is 0 Å². The zero-order valence-electron chi connectivity index (χ0n) is 7.82. The second kappa shape index (κ2) is 3.60. The molecule has 0 unspecified atom stereocenters. The van der Waals surface area contributed by atoms with Crippen LogP contribution in [0.3, 0.4) is 0 Å². The van der Waals surface area contributed by atoms with Gasteiger partial charge in [-0.15, -0.1) is 10.2 Å². The molecule has 2 rings (SSSR count). The molecule has 0 spiro atoms. The molecule has 0 amide bonds. The van der Waals surface area contributed by atoms with Crippen molar-refractivity contribution in [2.75, 3.05) is 0 Å². The van der Waals surface area contributed by atoms with Crippen LogP contribution in [0.4, 0.5) is 0 Å². The molecule has 2 heterocycles. The molecule has 2 aromatic rings. The number of rotatable bonds is 4. The van der Waals surface area contributed by atoms with Crippen molar-refractivity contribution in [3.63, 3.8) is 0 Å². The molecular formula is C9H14N4. The van der Waals surface area contributed by atoms with Gasteiger partial charge in [0.15, 0.2) is 11.5 Å². The highest BCUT2D eigenvalue weighted by Crippen LogP contribution is 2.05. The summed E-state index contributed by atoms with van der Waals surface area (Å²) in [5.41, 5.74) is 0.909. The van der Waals surface area contributed by atoms with Gasteiger partial charge in [-0.05, 0) is 6.42 Å². The SMILES string of the molecule is CCCCCc1nnc2cc[nH]n12. The van der Waals surface area contributed by atoms with Crippen molar-refractivity contribution in [3.05, 3.63) is 18.1 Å². The van der Waals surface area contributed by atoms with Gasteiger partial charge in [-0.2, -0.15) is 0 Å². The summed E-state index contributed by atoms with van der Waals surface area (Å²) in [4.78, 5) is 0. The van der Waals surface area contributed by atoms with E-state index in [1.807, 2.05) is 16.8 Å². The lowest BCUT2D eigenvalue weighted by Crippen LogP contribution is -1.95. The van der Waals surface area contributed by atoms with Crippen LogP contribution in [0.2, 0.25) is 0 Å². The Morgan fingerprint density at radius 3 is 3.15 bits per heavy atom. The first-order valence-electron chi connectivity index (χ1n) is 4.79. The van der Waals surface area contributed by atoms with Crippen LogP contribution in [0, 0.1) is 0 Å². The normalized spacial score (nSPS) is 11.2. The largest absolute Gasteiger partial charge is 0.298 e. The summed E-state index contributed by atoms with van der Waals surface area (Å²) in [7, 11) is 0. The van der Waals surface area contributed by atoms with Crippen LogP contribution in [-0.4, -0.2) is 19.8 Å². The van der Waals surface area contributed by atoms with E-state index in [4.69, 9.17) is 0 Å². The number of nitrogens with one attached hydrogen (secondary N) is 1. The molecule has 2 aromatic heterocycles. The van der Waals surface area contributed by atoms with Gasteiger partial charge >= 0.3 is 0 Å². The molecule has 0 saturated carbocycles. The number of aromatic nitrogens is 4. The van der Waals surface area contributed by atoms with Crippen LogP contribution < -0.4 is 0 Å². The van der Waals surface area contributed by atoms with E-state index in [2.05, 4.69) is 22.2 Å². The molecule has 0 atom stereocenters. The lowest BCUT2D eigenvalue weighted by Gasteiger charge is -1.95. The summed E-state index contributed by atoms with van der Waals surface area (Å²) in [5, 5.41) is 11.2. The summed E-state index contributed by atoms with van der Waals surface area (Å²) in [5.74, 6) is 1.04. The van der Waals surface area contributed by atoms with Crippen LogP contribution in [-0.2, 0) is 6.42 Å². The fourth-order valence-electron chi connectivity index (χ4n) is 1.46. The minimum Gasteiger partial charge on any atom is -0.298 e. The van der Waals surface area contributed by atoms with Gasteiger partial charge in [0, 0.05) is 18.7 Å². The molecule has 13 heavy (non-hydrogen) atoms. The Balaban J connectivity index is 2.09. The molecule has 0 bridgehead atoms. The van der Waals surface area contributed by atoms with Gasteiger partial charge in [0.25, 0.3) is 0 Å². The Morgan fingerprint density at radius 2 is 2.31 bits per heavy atom. The average molecular weight is 178 g/mol. The second-order valence-electron chi connectivity index (χ2n) is 3.23. The molecule has 0 aromatic carbocycles. The zero-order chi connectivity index (χ0) is 9.10. The number of hydrogen-bond acceptors (Lipinski definition) is 2. The predicted octanol–water partition coefficient (Wildman–Crippen LogP) is 1.79. The van der Waals surface area contributed by atoms with Gasteiger partial charge in [0.2, 0.25) is 0 Å². The predicted molar refractivity (Wildman–Crippen MR) is 50.6 cm³/mol. The molecule has 4 heteroatoms. The molecular weight excluding hydrogens is 164 g/mol. The smallest absolute Gasteiger partial charge is 0.177 e. The van der Waals surface area contributed by atoms with Gasteiger partial charge in [-0.3, -0.25) is 5.10 Å². The Morgan fingerprint density at radius 1 is 1.38 bits per heavy atom. The minimum atomic E-state index is 0.909. The lowest BCUT2D eigenvalue weighted by molar-refractivity contribution is 0.677. The molecule has 0 radical (unpaired) electrons. The van der Waals surface area contributed by atoms with E-state index in [0.717, 1.165) is 17.9 Å². The van der Waals surface area contributed by atoms with Crippen LogP contribution in [0.5, 0.6) is 0 Å². The number of hydrogen-bond donors (Lipinski definition) is 1. The summed E-state index contributed by atoms with van der Waals surface area (Å²) >= 11 is 0. The first kappa shape index (κ1) is 8.29. The number of unbranched alkanes of at least 4 members (excludes halogenated alkanes) is 2. The number of fused-ring (bicyclic) bond motifs is 1. The molecule has 70 valence electrons. The molecule has 0 fully saturated rings. The highest BCUT2D eigenvalue weighted by Gasteiger charge is 2.04. The average Bonchev–Trinajstić information content (AvgIpc) is 2.68. The second-order valence-corrected chi connectivity index (χ2v) is 3.23. The molecule has 1 N–H and O–H groups in total. The van der Waals surface area contributed by atoms with E-state index in [-0.39, 0.29) is 0 Å². The fraction of sp³-hybridized carbons (Fsp3) is 0.556. The van der Waals surface area contributed by atoms with Crippen molar-refractivity contribution in [2.45, 2.75) is 32.6 Å². The van der Waals surface area contributed by atoms with Crippen molar-refractivity contribution in [1.29, 1.82) is 0 Å². The molecule has 4 nitrogen and oxygen atoms in total. The Bertz CT molecular complexity index is 374. The number of H-pyrrole nitrogens is 1. The van der Waals surface area contributed by atoms with Crippen molar-refractivity contribution in [1.82, 2.24) is 19.8 Å². The monoisotopic (exact) mass is 178 g/mol. The summed E-state index contributed by atoms with van der Waals surface area (Å²) in [6, 6.07) is 1.93. The first-order chi connectivity index (χ1) is 6.42. The third-order valence-electron chi connectivity index (χ3n) is 2.20. The third-order valence-corrected chi connectivity index (χ3v) is 2.20. The maximum atomic E-state index is 4.11. The quantitative estimate of drug-likeness (QED) is 0.725. The van der Waals surface area contributed by atoms with E-state index >= 15 is 0 Å². The van der Waals surface area contributed by atoms with Crippen LogP contribution in [0.15, 0.2) is 12.3 Å². The first-order valence-corrected chi connectivity index (χ1v) is 4.79. The minimum absolute atomic E-state index is 0.909. The van der Waals surface area contributed by atoms with Gasteiger partial charge in [0.05, 0.1) is 0 Å². The van der Waals surface area contributed by atoms with Crippen molar-refractivity contribution in [2.24, 2.45) is 0 Å².